The lowest BCUT2D eigenvalue weighted by molar-refractivity contribution is -0.105. The maximum atomic E-state index is 14.5. The number of carbonyl (C=O) groups excluding carboxylic acids is 1. The highest BCUT2D eigenvalue weighted by atomic mass is 79.9. The van der Waals surface area contributed by atoms with Crippen molar-refractivity contribution in [3.05, 3.63) is 57.8 Å². The first-order chi connectivity index (χ1) is 14.1. The van der Waals surface area contributed by atoms with Crippen LogP contribution >= 0.6 is 27.7 Å². The molecule has 0 aromatic heterocycles. The van der Waals surface area contributed by atoms with Crippen molar-refractivity contribution in [3.63, 3.8) is 0 Å². The van der Waals surface area contributed by atoms with E-state index in [0.717, 1.165) is 4.47 Å². The van der Waals surface area contributed by atoms with Gasteiger partial charge in [0.2, 0.25) is 0 Å². The first kappa shape index (κ1) is 23.1. The minimum atomic E-state index is -4.28. The predicted octanol–water partition coefficient (Wildman–Crippen LogP) is 5.56. The minimum absolute atomic E-state index is 0.0169. The summed E-state index contributed by atoms with van der Waals surface area (Å²) in [4.78, 5) is 16.7. The molecule has 0 N–H and O–H groups in total. The summed E-state index contributed by atoms with van der Waals surface area (Å²) < 4.78 is 53.1. The van der Waals surface area contributed by atoms with E-state index in [1.807, 2.05) is 21.9 Å². The fourth-order valence-electron chi connectivity index (χ4n) is 3.28. The molecule has 30 heavy (non-hydrogen) atoms. The maximum Gasteiger partial charge on any atom is 0.398 e. The van der Waals surface area contributed by atoms with E-state index in [-0.39, 0.29) is 12.3 Å². The Morgan fingerprint density at radius 2 is 1.73 bits per heavy atom. The van der Waals surface area contributed by atoms with Crippen LogP contribution in [0.15, 0.2) is 45.8 Å². The van der Waals surface area contributed by atoms with Gasteiger partial charge < -0.3 is 4.90 Å². The number of thioether (sulfide) groups is 1. The molecule has 0 amide bonds. The number of piperazine rings is 1. The molecule has 0 atom stereocenters. The third-order valence-corrected chi connectivity index (χ3v) is 6.63. The molecular weight excluding hydrogens is 484 g/mol. The number of hydrogen-bond donors (Lipinski definition) is 0. The van der Waals surface area contributed by atoms with Crippen LogP contribution in [0.5, 0.6) is 0 Å². The number of halogens is 5. The van der Waals surface area contributed by atoms with Crippen molar-refractivity contribution in [2.75, 3.05) is 43.4 Å². The SMILES string of the molecule is Cc1cc(F)c(N2CCN(CC(=O)c3ccc(Br)cc3)CC2)cc1SCC(F)(F)F. The predicted molar refractivity (Wildman–Crippen MR) is 115 cm³/mol. The fourth-order valence-corrected chi connectivity index (χ4v) is 4.34. The van der Waals surface area contributed by atoms with Crippen LogP contribution in [0.3, 0.4) is 0 Å². The molecule has 162 valence electrons. The number of alkyl halides is 3. The Balaban J connectivity index is 1.61. The van der Waals surface area contributed by atoms with E-state index < -0.39 is 17.7 Å². The summed E-state index contributed by atoms with van der Waals surface area (Å²) in [6.07, 6.45) is -4.28. The van der Waals surface area contributed by atoms with E-state index in [1.165, 1.54) is 12.1 Å². The van der Waals surface area contributed by atoms with Crippen molar-refractivity contribution in [2.45, 2.75) is 18.0 Å². The average Bonchev–Trinajstić information content (AvgIpc) is 2.68. The Morgan fingerprint density at radius 3 is 2.33 bits per heavy atom. The molecule has 1 saturated heterocycles. The maximum absolute atomic E-state index is 14.5. The number of anilines is 1. The van der Waals surface area contributed by atoms with E-state index >= 15 is 0 Å². The summed E-state index contributed by atoms with van der Waals surface area (Å²) in [7, 11) is 0. The summed E-state index contributed by atoms with van der Waals surface area (Å²) >= 11 is 4.01. The third kappa shape index (κ3) is 6.21. The second kappa shape index (κ2) is 9.70. The number of rotatable bonds is 6. The molecule has 0 radical (unpaired) electrons. The first-order valence-corrected chi connectivity index (χ1v) is 11.2. The lowest BCUT2D eigenvalue weighted by Crippen LogP contribution is -2.48. The zero-order valence-corrected chi connectivity index (χ0v) is 18.7. The van der Waals surface area contributed by atoms with E-state index in [9.17, 15) is 22.4 Å². The van der Waals surface area contributed by atoms with Gasteiger partial charge in [-0.15, -0.1) is 11.8 Å². The largest absolute Gasteiger partial charge is 0.398 e. The van der Waals surface area contributed by atoms with Gasteiger partial charge in [0.1, 0.15) is 5.82 Å². The van der Waals surface area contributed by atoms with Gasteiger partial charge >= 0.3 is 6.18 Å². The van der Waals surface area contributed by atoms with Crippen molar-refractivity contribution in [1.82, 2.24) is 4.90 Å². The quantitative estimate of drug-likeness (QED) is 0.292. The number of aryl methyl sites for hydroxylation is 1. The molecule has 0 bridgehead atoms. The Labute approximate surface area is 185 Å². The van der Waals surface area contributed by atoms with Gasteiger partial charge in [-0.25, -0.2) is 4.39 Å². The molecule has 0 aliphatic carbocycles. The number of ketones is 1. The highest BCUT2D eigenvalue weighted by Crippen LogP contribution is 2.34. The molecule has 1 fully saturated rings. The van der Waals surface area contributed by atoms with Crippen LogP contribution < -0.4 is 4.90 Å². The third-order valence-electron chi connectivity index (χ3n) is 4.88. The molecule has 2 aromatic rings. The molecule has 1 aliphatic rings. The van der Waals surface area contributed by atoms with Gasteiger partial charge in [-0.2, -0.15) is 13.2 Å². The number of Topliss-reactive ketones (excluding diaryl/α,β-unsaturated/α-hetero) is 1. The van der Waals surface area contributed by atoms with Crippen LogP contribution in [-0.2, 0) is 0 Å². The average molecular weight is 505 g/mol. The Bertz CT molecular complexity index is 897. The van der Waals surface area contributed by atoms with E-state index in [0.29, 0.717) is 59.7 Å². The topological polar surface area (TPSA) is 23.6 Å². The normalized spacial score (nSPS) is 15.5. The highest BCUT2D eigenvalue weighted by Gasteiger charge is 2.28. The van der Waals surface area contributed by atoms with Crippen molar-refractivity contribution in [1.29, 1.82) is 0 Å². The second-order valence-electron chi connectivity index (χ2n) is 7.17. The zero-order valence-electron chi connectivity index (χ0n) is 16.3. The molecule has 1 heterocycles. The molecular formula is C21H21BrF4N2OS. The van der Waals surface area contributed by atoms with Crippen LogP contribution in [0.25, 0.3) is 0 Å². The second-order valence-corrected chi connectivity index (χ2v) is 9.10. The Kier molecular flexibility index (Phi) is 7.47. The number of carbonyl (C=O) groups is 1. The molecule has 3 rings (SSSR count). The molecule has 0 spiro atoms. The van der Waals surface area contributed by atoms with E-state index in [1.54, 1.807) is 19.1 Å². The smallest absolute Gasteiger partial charge is 0.367 e. The fraction of sp³-hybridized carbons (Fsp3) is 0.381. The van der Waals surface area contributed by atoms with Crippen molar-refractivity contribution in [3.8, 4) is 0 Å². The van der Waals surface area contributed by atoms with E-state index in [4.69, 9.17) is 0 Å². The van der Waals surface area contributed by atoms with Gasteiger partial charge in [-0.05, 0) is 36.8 Å². The van der Waals surface area contributed by atoms with Crippen LogP contribution in [0, 0.1) is 12.7 Å². The molecule has 0 unspecified atom stereocenters. The molecule has 3 nitrogen and oxygen atoms in total. The summed E-state index contributed by atoms with van der Waals surface area (Å²) in [6.45, 7) is 4.02. The van der Waals surface area contributed by atoms with Gasteiger partial charge in [-0.3, -0.25) is 9.69 Å². The van der Waals surface area contributed by atoms with Crippen molar-refractivity contribution >= 4 is 39.2 Å². The first-order valence-electron chi connectivity index (χ1n) is 9.38. The molecule has 0 saturated carbocycles. The lowest BCUT2D eigenvalue weighted by atomic mass is 10.1. The Morgan fingerprint density at radius 1 is 1.10 bits per heavy atom. The minimum Gasteiger partial charge on any atom is -0.367 e. The zero-order chi connectivity index (χ0) is 21.9. The molecule has 9 heteroatoms. The van der Waals surface area contributed by atoms with Gasteiger partial charge in [0.05, 0.1) is 18.0 Å². The summed E-state index contributed by atoms with van der Waals surface area (Å²) in [5, 5.41) is 0. The molecule has 2 aromatic carbocycles. The molecule has 1 aliphatic heterocycles. The van der Waals surface area contributed by atoms with Gasteiger partial charge in [0.15, 0.2) is 5.78 Å². The summed E-state index contributed by atoms with van der Waals surface area (Å²) in [5.41, 5.74) is 1.44. The Hall–Kier alpha value is -1.58. The number of benzene rings is 2. The van der Waals surface area contributed by atoms with Crippen molar-refractivity contribution in [2.24, 2.45) is 0 Å². The van der Waals surface area contributed by atoms with E-state index in [2.05, 4.69) is 15.9 Å². The van der Waals surface area contributed by atoms with Crippen LogP contribution in [0.4, 0.5) is 23.2 Å². The van der Waals surface area contributed by atoms with Crippen LogP contribution in [0.2, 0.25) is 0 Å². The van der Waals surface area contributed by atoms with Crippen LogP contribution in [-0.4, -0.2) is 55.3 Å². The monoisotopic (exact) mass is 504 g/mol. The lowest BCUT2D eigenvalue weighted by Gasteiger charge is -2.36. The van der Waals surface area contributed by atoms with Crippen LogP contribution in [0.1, 0.15) is 15.9 Å². The van der Waals surface area contributed by atoms with Gasteiger partial charge in [-0.1, -0.05) is 28.1 Å². The summed E-state index contributed by atoms with van der Waals surface area (Å²) in [6, 6.07) is 9.97. The highest BCUT2D eigenvalue weighted by molar-refractivity contribution is 9.10. The van der Waals surface area contributed by atoms with Gasteiger partial charge in [0.25, 0.3) is 0 Å². The van der Waals surface area contributed by atoms with Gasteiger partial charge in [0, 0.05) is 41.1 Å². The standard InChI is InChI=1S/C21H21BrF4N2OS/c1-14-10-17(23)18(11-20(14)30-13-21(24,25)26)28-8-6-27(7-9-28)12-19(29)15-2-4-16(22)5-3-15/h2-5,10-11H,6-9,12-13H2,1H3. The number of hydrogen-bond acceptors (Lipinski definition) is 4. The van der Waals surface area contributed by atoms with Crippen molar-refractivity contribution < 1.29 is 22.4 Å². The summed E-state index contributed by atoms with van der Waals surface area (Å²) in [5.74, 6) is -1.43. The number of nitrogens with zero attached hydrogens (tertiary/aromatic N) is 2.